The van der Waals surface area contributed by atoms with E-state index in [2.05, 4.69) is 12.2 Å². The Kier molecular flexibility index (Phi) is 4.47. The van der Waals surface area contributed by atoms with Crippen LogP contribution in [-0.4, -0.2) is 12.6 Å². The number of carbonyl (C=O) groups is 1. The highest BCUT2D eigenvalue weighted by atomic mass is 16.5. The smallest absolute Gasteiger partial charge is 0.316 e. The van der Waals surface area contributed by atoms with Gasteiger partial charge in [0.1, 0.15) is 5.75 Å². The van der Waals surface area contributed by atoms with Crippen molar-refractivity contribution in [1.82, 2.24) is 0 Å². The molecule has 0 fully saturated rings. The van der Waals surface area contributed by atoms with E-state index >= 15 is 0 Å². The maximum Gasteiger partial charge on any atom is 0.316 e. The Morgan fingerprint density at radius 1 is 1.40 bits per heavy atom. The lowest BCUT2D eigenvalue weighted by Gasteiger charge is -2.06. The van der Waals surface area contributed by atoms with Gasteiger partial charge in [-0.05, 0) is 30.7 Å². The first kappa shape index (κ1) is 11.4. The Morgan fingerprint density at radius 2 is 2.07 bits per heavy atom. The summed E-state index contributed by atoms with van der Waals surface area (Å²) in [6.45, 7) is 2.84. The molecule has 2 amide bonds. The summed E-state index contributed by atoms with van der Waals surface area (Å²) in [7, 11) is 0. The molecule has 82 valence electrons. The molecule has 0 heterocycles. The van der Waals surface area contributed by atoms with Crippen LogP contribution >= 0.6 is 0 Å². The van der Waals surface area contributed by atoms with Gasteiger partial charge in [0.25, 0.3) is 0 Å². The molecule has 1 aromatic carbocycles. The number of carbonyl (C=O) groups excluding carboxylic acids is 1. The zero-order valence-corrected chi connectivity index (χ0v) is 8.82. The molecule has 0 aromatic heterocycles. The Hall–Kier alpha value is -1.71. The highest BCUT2D eigenvalue weighted by Crippen LogP contribution is 2.15. The molecule has 0 spiro atoms. The van der Waals surface area contributed by atoms with Crippen LogP contribution in [0, 0.1) is 0 Å². The number of benzene rings is 1. The summed E-state index contributed by atoms with van der Waals surface area (Å²) in [5.74, 6) is 0.804. The first-order valence-corrected chi connectivity index (χ1v) is 5.01. The van der Waals surface area contributed by atoms with Gasteiger partial charge in [-0.15, -0.1) is 0 Å². The molecule has 15 heavy (non-hydrogen) atoms. The SMILES string of the molecule is CCCCOc1ccc(NC(N)=O)cc1. The van der Waals surface area contributed by atoms with Gasteiger partial charge in [0, 0.05) is 5.69 Å². The summed E-state index contributed by atoms with van der Waals surface area (Å²) in [5, 5.41) is 2.48. The third-order valence-corrected chi connectivity index (χ3v) is 1.89. The van der Waals surface area contributed by atoms with Crippen molar-refractivity contribution < 1.29 is 9.53 Å². The molecule has 0 unspecified atom stereocenters. The molecule has 1 aromatic rings. The van der Waals surface area contributed by atoms with E-state index in [1.807, 2.05) is 0 Å². The molecule has 0 aliphatic rings. The molecule has 0 saturated carbocycles. The van der Waals surface area contributed by atoms with Crippen molar-refractivity contribution in [2.24, 2.45) is 5.73 Å². The number of anilines is 1. The van der Waals surface area contributed by atoms with Crippen LogP contribution in [0.4, 0.5) is 10.5 Å². The number of amides is 2. The number of unbranched alkanes of at least 4 members (excludes halogenated alkanes) is 1. The van der Waals surface area contributed by atoms with Crippen LogP contribution in [0.2, 0.25) is 0 Å². The van der Waals surface area contributed by atoms with Gasteiger partial charge in [-0.25, -0.2) is 4.79 Å². The fraction of sp³-hybridized carbons (Fsp3) is 0.364. The summed E-state index contributed by atoms with van der Waals surface area (Å²) in [6.07, 6.45) is 2.16. The standard InChI is InChI=1S/C11H16N2O2/c1-2-3-8-15-10-6-4-9(5-7-10)13-11(12)14/h4-7H,2-3,8H2,1H3,(H3,12,13,14). The van der Waals surface area contributed by atoms with Crippen molar-refractivity contribution in [2.75, 3.05) is 11.9 Å². The normalized spacial score (nSPS) is 9.67. The van der Waals surface area contributed by atoms with Gasteiger partial charge in [-0.1, -0.05) is 13.3 Å². The average Bonchev–Trinajstić information content (AvgIpc) is 2.20. The van der Waals surface area contributed by atoms with Crippen molar-refractivity contribution in [3.05, 3.63) is 24.3 Å². The monoisotopic (exact) mass is 208 g/mol. The number of urea groups is 1. The Labute approximate surface area is 89.4 Å². The van der Waals surface area contributed by atoms with E-state index in [9.17, 15) is 4.79 Å². The van der Waals surface area contributed by atoms with E-state index in [1.165, 1.54) is 0 Å². The predicted molar refractivity (Wildman–Crippen MR) is 60.1 cm³/mol. The Bertz CT molecular complexity index is 309. The maximum absolute atomic E-state index is 10.5. The summed E-state index contributed by atoms with van der Waals surface area (Å²) in [5.41, 5.74) is 5.65. The molecule has 4 heteroatoms. The molecule has 0 radical (unpaired) electrons. The molecule has 0 atom stereocenters. The van der Waals surface area contributed by atoms with Crippen LogP contribution in [0.3, 0.4) is 0 Å². The number of nitrogens with one attached hydrogen (secondary N) is 1. The number of hydrogen-bond acceptors (Lipinski definition) is 2. The zero-order valence-electron chi connectivity index (χ0n) is 8.82. The topological polar surface area (TPSA) is 64.3 Å². The fourth-order valence-corrected chi connectivity index (χ4v) is 1.11. The van der Waals surface area contributed by atoms with E-state index in [4.69, 9.17) is 10.5 Å². The van der Waals surface area contributed by atoms with Crippen LogP contribution in [-0.2, 0) is 0 Å². The molecule has 0 saturated heterocycles. The second-order valence-electron chi connectivity index (χ2n) is 3.22. The fourth-order valence-electron chi connectivity index (χ4n) is 1.11. The molecule has 0 aliphatic carbocycles. The van der Waals surface area contributed by atoms with Crippen LogP contribution in [0.25, 0.3) is 0 Å². The van der Waals surface area contributed by atoms with Crippen LogP contribution in [0.1, 0.15) is 19.8 Å². The quantitative estimate of drug-likeness (QED) is 0.729. The zero-order chi connectivity index (χ0) is 11.1. The van der Waals surface area contributed by atoms with Crippen molar-refractivity contribution >= 4 is 11.7 Å². The van der Waals surface area contributed by atoms with Gasteiger partial charge >= 0.3 is 6.03 Å². The van der Waals surface area contributed by atoms with E-state index in [0.717, 1.165) is 25.2 Å². The number of ether oxygens (including phenoxy) is 1. The lowest BCUT2D eigenvalue weighted by atomic mass is 10.3. The van der Waals surface area contributed by atoms with Gasteiger partial charge in [-0.2, -0.15) is 0 Å². The molecular formula is C11H16N2O2. The lowest BCUT2D eigenvalue weighted by Crippen LogP contribution is -2.19. The van der Waals surface area contributed by atoms with E-state index in [-0.39, 0.29) is 0 Å². The Morgan fingerprint density at radius 3 is 2.60 bits per heavy atom. The highest BCUT2D eigenvalue weighted by Gasteiger charge is 1.96. The molecule has 3 N–H and O–H groups in total. The molecule has 0 aliphatic heterocycles. The third kappa shape index (κ3) is 4.35. The van der Waals surface area contributed by atoms with Gasteiger partial charge in [-0.3, -0.25) is 0 Å². The second-order valence-corrected chi connectivity index (χ2v) is 3.22. The first-order chi connectivity index (χ1) is 7.22. The van der Waals surface area contributed by atoms with E-state index in [0.29, 0.717) is 5.69 Å². The number of rotatable bonds is 5. The van der Waals surface area contributed by atoms with Crippen LogP contribution in [0.15, 0.2) is 24.3 Å². The second kappa shape index (κ2) is 5.90. The van der Waals surface area contributed by atoms with E-state index in [1.54, 1.807) is 24.3 Å². The van der Waals surface area contributed by atoms with Gasteiger partial charge in [0.15, 0.2) is 0 Å². The number of primary amides is 1. The first-order valence-electron chi connectivity index (χ1n) is 5.01. The molecule has 4 nitrogen and oxygen atoms in total. The van der Waals surface area contributed by atoms with E-state index < -0.39 is 6.03 Å². The number of nitrogens with two attached hydrogens (primary N) is 1. The lowest BCUT2D eigenvalue weighted by molar-refractivity contribution is 0.259. The molecular weight excluding hydrogens is 192 g/mol. The Balaban J connectivity index is 2.45. The summed E-state index contributed by atoms with van der Waals surface area (Å²) >= 11 is 0. The van der Waals surface area contributed by atoms with Gasteiger partial charge in [0.2, 0.25) is 0 Å². The highest BCUT2D eigenvalue weighted by molar-refractivity contribution is 5.87. The molecule has 1 rings (SSSR count). The predicted octanol–water partition coefficient (Wildman–Crippen LogP) is 2.36. The van der Waals surface area contributed by atoms with Crippen molar-refractivity contribution in [3.8, 4) is 5.75 Å². The summed E-state index contributed by atoms with van der Waals surface area (Å²) in [4.78, 5) is 10.5. The largest absolute Gasteiger partial charge is 0.494 e. The minimum Gasteiger partial charge on any atom is -0.494 e. The molecule has 0 bridgehead atoms. The average molecular weight is 208 g/mol. The van der Waals surface area contributed by atoms with Crippen molar-refractivity contribution in [3.63, 3.8) is 0 Å². The van der Waals surface area contributed by atoms with Crippen LogP contribution < -0.4 is 15.8 Å². The van der Waals surface area contributed by atoms with Gasteiger partial charge in [0.05, 0.1) is 6.61 Å². The maximum atomic E-state index is 10.5. The minimum atomic E-state index is -0.561. The van der Waals surface area contributed by atoms with Crippen LogP contribution in [0.5, 0.6) is 5.75 Å². The number of hydrogen-bond donors (Lipinski definition) is 2. The third-order valence-electron chi connectivity index (χ3n) is 1.89. The van der Waals surface area contributed by atoms with Crippen molar-refractivity contribution in [1.29, 1.82) is 0 Å². The minimum absolute atomic E-state index is 0.561. The van der Waals surface area contributed by atoms with Gasteiger partial charge < -0.3 is 15.8 Å². The van der Waals surface area contributed by atoms with Crippen molar-refractivity contribution in [2.45, 2.75) is 19.8 Å². The summed E-state index contributed by atoms with van der Waals surface area (Å²) in [6, 6.07) is 6.56. The summed E-state index contributed by atoms with van der Waals surface area (Å²) < 4.78 is 5.46.